The van der Waals surface area contributed by atoms with Crippen LogP contribution in [0.25, 0.3) is 0 Å². The van der Waals surface area contributed by atoms with Crippen molar-refractivity contribution in [2.24, 2.45) is 0 Å². The Kier molecular flexibility index (Phi) is 4.11. The molecular formula is C16H21N3O. The predicted molar refractivity (Wildman–Crippen MR) is 77.1 cm³/mol. The molecule has 3 rings (SSSR count). The van der Waals surface area contributed by atoms with Gasteiger partial charge in [-0.3, -0.25) is 9.88 Å². The van der Waals surface area contributed by atoms with Gasteiger partial charge in [0.05, 0.1) is 6.04 Å². The van der Waals surface area contributed by atoms with Crippen molar-refractivity contribution < 1.29 is 4.52 Å². The van der Waals surface area contributed by atoms with E-state index in [-0.39, 0.29) is 0 Å². The maximum Gasteiger partial charge on any atom is 0.137 e. The smallest absolute Gasteiger partial charge is 0.137 e. The quantitative estimate of drug-likeness (QED) is 0.836. The van der Waals surface area contributed by atoms with E-state index in [4.69, 9.17) is 4.52 Å². The van der Waals surface area contributed by atoms with Gasteiger partial charge in [0, 0.05) is 31.4 Å². The van der Waals surface area contributed by atoms with Crippen molar-refractivity contribution in [2.45, 2.75) is 45.2 Å². The van der Waals surface area contributed by atoms with Crippen LogP contribution in [0.2, 0.25) is 0 Å². The SMILES string of the molecule is CCCc1cc(C2CCCN2Cc2cccnc2)no1. The lowest BCUT2D eigenvalue weighted by Crippen LogP contribution is -2.23. The van der Waals surface area contributed by atoms with Crippen molar-refractivity contribution in [3.63, 3.8) is 0 Å². The molecule has 0 aliphatic carbocycles. The first kappa shape index (κ1) is 13.3. The minimum atomic E-state index is 0.393. The molecule has 0 saturated carbocycles. The van der Waals surface area contributed by atoms with E-state index in [9.17, 15) is 0 Å². The maximum atomic E-state index is 5.43. The molecule has 1 aliphatic rings. The normalized spacial score (nSPS) is 19.6. The highest BCUT2D eigenvalue weighted by Gasteiger charge is 2.28. The zero-order valence-corrected chi connectivity index (χ0v) is 12.0. The topological polar surface area (TPSA) is 42.2 Å². The predicted octanol–water partition coefficient (Wildman–Crippen LogP) is 3.36. The lowest BCUT2D eigenvalue weighted by molar-refractivity contribution is 0.236. The molecule has 4 nitrogen and oxygen atoms in total. The minimum Gasteiger partial charge on any atom is -0.361 e. The molecule has 0 amide bonds. The second kappa shape index (κ2) is 6.18. The average Bonchev–Trinajstić information content (AvgIpc) is 3.09. The molecule has 0 radical (unpaired) electrons. The Morgan fingerprint density at radius 2 is 2.40 bits per heavy atom. The van der Waals surface area contributed by atoms with Crippen LogP contribution in [0.15, 0.2) is 35.1 Å². The van der Waals surface area contributed by atoms with Gasteiger partial charge in [-0.25, -0.2) is 0 Å². The molecule has 0 bridgehead atoms. The lowest BCUT2D eigenvalue weighted by atomic mass is 10.1. The summed E-state index contributed by atoms with van der Waals surface area (Å²) in [6.07, 6.45) is 8.22. The van der Waals surface area contributed by atoms with Gasteiger partial charge >= 0.3 is 0 Å². The first-order valence-corrected chi connectivity index (χ1v) is 7.45. The summed E-state index contributed by atoms with van der Waals surface area (Å²) in [7, 11) is 0. The number of aryl methyl sites for hydroxylation is 1. The Bertz CT molecular complexity index is 538. The van der Waals surface area contributed by atoms with Crippen LogP contribution in [0.3, 0.4) is 0 Å². The van der Waals surface area contributed by atoms with Gasteiger partial charge in [0.15, 0.2) is 0 Å². The standard InChI is InChI=1S/C16H21N3O/c1-2-5-14-10-15(18-20-14)16-7-4-9-19(16)12-13-6-3-8-17-11-13/h3,6,8,10-11,16H,2,4-5,7,9,12H2,1H3. The van der Waals surface area contributed by atoms with Crippen molar-refractivity contribution in [1.82, 2.24) is 15.0 Å². The highest BCUT2D eigenvalue weighted by molar-refractivity contribution is 5.14. The van der Waals surface area contributed by atoms with E-state index < -0.39 is 0 Å². The monoisotopic (exact) mass is 271 g/mol. The van der Waals surface area contributed by atoms with Gasteiger partial charge in [0.2, 0.25) is 0 Å². The summed E-state index contributed by atoms with van der Waals surface area (Å²) in [6.45, 7) is 4.22. The summed E-state index contributed by atoms with van der Waals surface area (Å²) in [5.41, 5.74) is 2.35. The molecule has 20 heavy (non-hydrogen) atoms. The van der Waals surface area contributed by atoms with Crippen LogP contribution < -0.4 is 0 Å². The summed E-state index contributed by atoms with van der Waals surface area (Å²) in [6, 6.07) is 6.66. The molecule has 0 spiro atoms. The Morgan fingerprint density at radius 3 is 3.20 bits per heavy atom. The number of hydrogen-bond donors (Lipinski definition) is 0. The molecule has 1 aliphatic heterocycles. The van der Waals surface area contributed by atoms with Gasteiger partial charge in [0.25, 0.3) is 0 Å². The highest BCUT2D eigenvalue weighted by Crippen LogP contribution is 2.32. The molecule has 2 aromatic heterocycles. The molecule has 1 atom stereocenters. The van der Waals surface area contributed by atoms with Crippen LogP contribution in [0, 0.1) is 0 Å². The lowest BCUT2D eigenvalue weighted by Gasteiger charge is -2.22. The van der Waals surface area contributed by atoms with Crippen molar-refractivity contribution in [3.05, 3.63) is 47.6 Å². The first-order valence-electron chi connectivity index (χ1n) is 7.45. The fraction of sp³-hybridized carbons (Fsp3) is 0.500. The summed E-state index contributed by atoms with van der Waals surface area (Å²) >= 11 is 0. The summed E-state index contributed by atoms with van der Waals surface area (Å²) < 4.78 is 5.43. The third kappa shape index (κ3) is 2.90. The number of aromatic nitrogens is 2. The highest BCUT2D eigenvalue weighted by atomic mass is 16.5. The Hall–Kier alpha value is -1.68. The molecule has 1 saturated heterocycles. The van der Waals surface area contributed by atoms with E-state index in [0.717, 1.165) is 37.4 Å². The maximum absolute atomic E-state index is 5.43. The molecule has 2 aromatic rings. The van der Waals surface area contributed by atoms with Crippen LogP contribution in [0.5, 0.6) is 0 Å². The van der Waals surface area contributed by atoms with Gasteiger partial charge in [-0.15, -0.1) is 0 Å². The van der Waals surface area contributed by atoms with Crippen molar-refractivity contribution in [3.8, 4) is 0 Å². The molecule has 3 heterocycles. The van der Waals surface area contributed by atoms with Gasteiger partial charge in [-0.1, -0.05) is 18.1 Å². The van der Waals surface area contributed by atoms with Gasteiger partial charge < -0.3 is 4.52 Å². The van der Waals surface area contributed by atoms with Crippen molar-refractivity contribution in [1.29, 1.82) is 0 Å². The second-order valence-corrected chi connectivity index (χ2v) is 5.46. The van der Waals surface area contributed by atoms with Crippen LogP contribution >= 0.6 is 0 Å². The number of rotatable bonds is 5. The van der Waals surface area contributed by atoms with E-state index in [0.29, 0.717) is 6.04 Å². The third-order valence-electron chi connectivity index (χ3n) is 3.89. The van der Waals surface area contributed by atoms with Crippen molar-refractivity contribution >= 4 is 0 Å². The molecule has 0 N–H and O–H groups in total. The number of likely N-dealkylation sites (tertiary alicyclic amines) is 1. The zero-order valence-electron chi connectivity index (χ0n) is 12.0. The number of pyridine rings is 1. The Labute approximate surface area is 119 Å². The molecule has 1 unspecified atom stereocenters. The molecule has 106 valence electrons. The fourth-order valence-electron chi connectivity index (χ4n) is 2.93. The second-order valence-electron chi connectivity index (χ2n) is 5.46. The molecule has 0 aromatic carbocycles. The van der Waals surface area contributed by atoms with E-state index in [1.165, 1.54) is 18.4 Å². The summed E-state index contributed by atoms with van der Waals surface area (Å²) in [4.78, 5) is 6.67. The summed E-state index contributed by atoms with van der Waals surface area (Å²) in [5, 5.41) is 4.28. The minimum absolute atomic E-state index is 0.393. The largest absolute Gasteiger partial charge is 0.361 e. The van der Waals surface area contributed by atoms with Gasteiger partial charge in [-0.05, 0) is 37.4 Å². The first-order chi connectivity index (χ1) is 9.86. The van der Waals surface area contributed by atoms with Gasteiger partial charge in [0.1, 0.15) is 11.5 Å². The number of hydrogen-bond acceptors (Lipinski definition) is 4. The van der Waals surface area contributed by atoms with E-state index >= 15 is 0 Å². The number of nitrogens with zero attached hydrogens (tertiary/aromatic N) is 3. The van der Waals surface area contributed by atoms with Crippen molar-refractivity contribution in [2.75, 3.05) is 6.54 Å². The average molecular weight is 271 g/mol. The summed E-state index contributed by atoms with van der Waals surface area (Å²) in [5.74, 6) is 1.01. The molecular weight excluding hydrogens is 250 g/mol. The van der Waals surface area contributed by atoms with E-state index in [2.05, 4.69) is 34.1 Å². The third-order valence-corrected chi connectivity index (χ3v) is 3.89. The van der Waals surface area contributed by atoms with Crippen LogP contribution in [-0.4, -0.2) is 21.6 Å². The fourth-order valence-corrected chi connectivity index (χ4v) is 2.93. The van der Waals surface area contributed by atoms with E-state index in [1.807, 2.05) is 18.5 Å². The molecule has 4 heteroatoms. The Balaban J connectivity index is 1.71. The van der Waals surface area contributed by atoms with Crippen LogP contribution in [0.4, 0.5) is 0 Å². The van der Waals surface area contributed by atoms with Crippen LogP contribution in [-0.2, 0) is 13.0 Å². The van der Waals surface area contributed by atoms with Crippen LogP contribution in [0.1, 0.15) is 49.2 Å². The molecule has 1 fully saturated rings. The Morgan fingerprint density at radius 1 is 1.45 bits per heavy atom. The zero-order chi connectivity index (χ0) is 13.8. The van der Waals surface area contributed by atoms with Gasteiger partial charge in [-0.2, -0.15) is 0 Å². The van der Waals surface area contributed by atoms with E-state index in [1.54, 1.807) is 0 Å².